The fourth-order valence-corrected chi connectivity index (χ4v) is 2.61. The molecule has 3 atom stereocenters. The van der Waals surface area contributed by atoms with Crippen molar-refractivity contribution < 1.29 is 9.59 Å². The topological polar surface area (TPSA) is 58.2 Å². The fourth-order valence-electron chi connectivity index (χ4n) is 2.61. The first-order chi connectivity index (χ1) is 8.40. The van der Waals surface area contributed by atoms with E-state index in [1.165, 1.54) is 19.8 Å². The zero-order valence-electron chi connectivity index (χ0n) is 12.0. The monoisotopic (exact) mass is 254 g/mol. The molecule has 1 aliphatic rings. The van der Waals surface area contributed by atoms with Crippen molar-refractivity contribution >= 4 is 11.8 Å². The quantitative estimate of drug-likeness (QED) is 0.804. The second-order valence-electron chi connectivity index (χ2n) is 5.90. The Kier molecular flexibility index (Phi) is 5.63. The van der Waals surface area contributed by atoms with Gasteiger partial charge in [0.2, 0.25) is 11.8 Å². The molecule has 0 heterocycles. The molecule has 0 aromatic rings. The first-order valence-corrected chi connectivity index (χ1v) is 6.97. The molecule has 104 valence electrons. The molecular weight excluding hydrogens is 228 g/mol. The fraction of sp³-hybridized carbons (Fsp3) is 0.857. The lowest BCUT2D eigenvalue weighted by Gasteiger charge is -2.30. The van der Waals surface area contributed by atoms with Crippen LogP contribution in [0.4, 0.5) is 0 Å². The molecule has 0 aromatic heterocycles. The Morgan fingerprint density at radius 1 is 1.22 bits per heavy atom. The van der Waals surface area contributed by atoms with E-state index < -0.39 is 6.04 Å². The SMILES string of the molecule is CC(=O)NC(C(=O)NC1CCCC(C)C1)C(C)C. The van der Waals surface area contributed by atoms with Gasteiger partial charge in [-0.3, -0.25) is 9.59 Å². The predicted octanol–water partition coefficient (Wildman–Crippen LogP) is 1.84. The molecule has 0 aliphatic heterocycles. The van der Waals surface area contributed by atoms with E-state index in [0.717, 1.165) is 12.8 Å². The zero-order chi connectivity index (χ0) is 13.7. The highest BCUT2D eigenvalue weighted by Crippen LogP contribution is 2.23. The maximum atomic E-state index is 12.2. The minimum absolute atomic E-state index is 0.0423. The number of hydrogen-bond acceptors (Lipinski definition) is 2. The third kappa shape index (κ3) is 4.67. The largest absolute Gasteiger partial charge is 0.352 e. The molecule has 0 aromatic carbocycles. The number of rotatable bonds is 4. The summed E-state index contributed by atoms with van der Waals surface area (Å²) in [7, 11) is 0. The first-order valence-electron chi connectivity index (χ1n) is 6.97. The molecule has 4 nitrogen and oxygen atoms in total. The Hall–Kier alpha value is -1.06. The number of carbonyl (C=O) groups excluding carboxylic acids is 2. The van der Waals surface area contributed by atoms with E-state index in [4.69, 9.17) is 0 Å². The summed E-state index contributed by atoms with van der Waals surface area (Å²) in [6.07, 6.45) is 4.54. The van der Waals surface area contributed by atoms with Crippen molar-refractivity contribution in [2.45, 2.75) is 65.5 Å². The van der Waals surface area contributed by atoms with Gasteiger partial charge in [-0.05, 0) is 24.7 Å². The van der Waals surface area contributed by atoms with Crippen molar-refractivity contribution in [3.8, 4) is 0 Å². The van der Waals surface area contributed by atoms with Crippen LogP contribution in [-0.2, 0) is 9.59 Å². The molecule has 1 rings (SSSR count). The number of nitrogens with one attached hydrogen (secondary N) is 2. The summed E-state index contributed by atoms with van der Waals surface area (Å²) in [6.45, 7) is 7.57. The summed E-state index contributed by atoms with van der Waals surface area (Å²) >= 11 is 0. The summed E-state index contributed by atoms with van der Waals surface area (Å²) in [5.41, 5.74) is 0. The van der Waals surface area contributed by atoms with Crippen LogP contribution >= 0.6 is 0 Å². The van der Waals surface area contributed by atoms with Gasteiger partial charge in [-0.1, -0.05) is 33.6 Å². The summed E-state index contributed by atoms with van der Waals surface area (Å²) in [4.78, 5) is 23.3. The van der Waals surface area contributed by atoms with Crippen LogP contribution in [0.15, 0.2) is 0 Å². The first kappa shape index (κ1) is 15.0. The van der Waals surface area contributed by atoms with Crippen molar-refractivity contribution in [3.05, 3.63) is 0 Å². The van der Waals surface area contributed by atoms with Gasteiger partial charge >= 0.3 is 0 Å². The van der Waals surface area contributed by atoms with Crippen molar-refractivity contribution in [3.63, 3.8) is 0 Å². The summed E-state index contributed by atoms with van der Waals surface area (Å²) in [5, 5.41) is 5.81. The van der Waals surface area contributed by atoms with Gasteiger partial charge in [-0.15, -0.1) is 0 Å². The molecule has 2 amide bonds. The second-order valence-corrected chi connectivity index (χ2v) is 5.90. The van der Waals surface area contributed by atoms with Gasteiger partial charge < -0.3 is 10.6 Å². The number of carbonyl (C=O) groups is 2. The van der Waals surface area contributed by atoms with E-state index in [2.05, 4.69) is 17.6 Å². The molecule has 1 saturated carbocycles. The minimum atomic E-state index is -0.417. The number of hydrogen-bond donors (Lipinski definition) is 2. The maximum absolute atomic E-state index is 12.2. The van der Waals surface area contributed by atoms with Gasteiger partial charge in [-0.25, -0.2) is 0 Å². The van der Waals surface area contributed by atoms with Crippen molar-refractivity contribution in [1.82, 2.24) is 10.6 Å². The maximum Gasteiger partial charge on any atom is 0.243 e. The molecule has 1 fully saturated rings. The molecule has 0 radical (unpaired) electrons. The highest BCUT2D eigenvalue weighted by Gasteiger charge is 2.27. The third-order valence-corrected chi connectivity index (χ3v) is 3.59. The van der Waals surface area contributed by atoms with Gasteiger partial charge in [0.05, 0.1) is 0 Å². The highest BCUT2D eigenvalue weighted by molar-refractivity contribution is 5.87. The molecule has 18 heavy (non-hydrogen) atoms. The van der Waals surface area contributed by atoms with Crippen molar-refractivity contribution in [2.75, 3.05) is 0 Å². The summed E-state index contributed by atoms with van der Waals surface area (Å²) in [5.74, 6) is 0.595. The van der Waals surface area contributed by atoms with Crippen molar-refractivity contribution in [1.29, 1.82) is 0 Å². The Morgan fingerprint density at radius 2 is 1.89 bits per heavy atom. The molecule has 2 N–H and O–H groups in total. The highest BCUT2D eigenvalue weighted by atomic mass is 16.2. The van der Waals surface area contributed by atoms with Crippen LogP contribution < -0.4 is 10.6 Å². The van der Waals surface area contributed by atoms with Gasteiger partial charge in [-0.2, -0.15) is 0 Å². The molecule has 0 saturated heterocycles. The average molecular weight is 254 g/mol. The lowest BCUT2D eigenvalue weighted by Crippen LogP contribution is -2.52. The van der Waals surface area contributed by atoms with E-state index >= 15 is 0 Å². The second kappa shape index (κ2) is 6.76. The lowest BCUT2D eigenvalue weighted by atomic mass is 9.87. The molecule has 0 spiro atoms. The summed E-state index contributed by atoms with van der Waals surface area (Å²) < 4.78 is 0. The third-order valence-electron chi connectivity index (χ3n) is 3.59. The van der Waals surface area contributed by atoms with E-state index in [1.807, 2.05) is 13.8 Å². The van der Waals surface area contributed by atoms with Crippen LogP contribution in [0.5, 0.6) is 0 Å². The molecular formula is C14H26N2O2. The van der Waals surface area contributed by atoms with Crippen LogP contribution in [-0.4, -0.2) is 23.9 Å². The molecule has 4 heteroatoms. The Bertz CT molecular complexity index is 302. The van der Waals surface area contributed by atoms with E-state index in [9.17, 15) is 9.59 Å². The van der Waals surface area contributed by atoms with Crippen LogP contribution in [0, 0.1) is 11.8 Å². The Balaban J connectivity index is 2.52. The minimum Gasteiger partial charge on any atom is -0.352 e. The number of amides is 2. The zero-order valence-corrected chi connectivity index (χ0v) is 12.0. The average Bonchev–Trinajstić information content (AvgIpc) is 2.25. The van der Waals surface area contributed by atoms with Crippen LogP contribution in [0.2, 0.25) is 0 Å². The standard InChI is InChI=1S/C14H26N2O2/c1-9(2)13(15-11(4)17)14(18)16-12-7-5-6-10(3)8-12/h9-10,12-13H,5-8H2,1-4H3,(H,15,17)(H,16,18). The van der Waals surface area contributed by atoms with Gasteiger partial charge in [0, 0.05) is 13.0 Å². The molecule has 0 bridgehead atoms. The lowest BCUT2D eigenvalue weighted by molar-refractivity contribution is -0.129. The van der Waals surface area contributed by atoms with E-state index in [0.29, 0.717) is 5.92 Å². The van der Waals surface area contributed by atoms with Crippen LogP contribution in [0.1, 0.15) is 53.4 Å². The normalized spacial score (nSPS) is 25.6. The smallest absolute Gasteiger partial charge is 0.243 e. The molecule has 1 aliphatic carbocycles. The Labute approximate surface area is 110 Å². The van der Waals surface area contributed by atoms with Gasteiger partial charge in [0.1, 0.15) is 6.04 Å². The van der Waals surface area contributed by atoms with Crippen LogP contribution in [0.3, 0.4) is 0 Å². The van der Waals surface area contributed by atoms with Gasteiger partial charge in [0.15, 0.2) is 0 Å². The predicted molar refractivity (Wildman–Crippen MR) is 72.0 cm³/mol. The van der Waals surface area contributed by atoms with E-state index in [-0.39, 0.29) is 23.8 Å². The van der Waals surface area contributed by atoms with Crippen molar-refractivity contribution in [2.24, 2.45) is 11.8 Å². The van der Waals surface area contributed by atoms with Gasteiger partial charge in [0.25, 0.3) is 0 Å². The van der Waals surface area contributed by atoms with E-state index in [1.54, 1.807) is 0 Å². The summed E-state index contributed by atoms with van der Waals surface area (Å²) in [6, 6.07) is -0.143. The van der Waals surface area contributed by atoms with Crippen LogP contribution in [0.25, 0.3) is 0 Å². The Morgan fingerprint density at radius 3 is 2.39 bits per heavy atom. The molecule has 3 unspecified atom stereocenters.